The lowest BCUT2D eigenvalue weighted by Gasteiger charge is -2.39. The second kappa shape index (κ2) is 7.39. The first-order valence-corrected chi connectivity index (χ1v) is 8.18. The van der Waals surface area contributed by atoms with Crippen molar-refractivity contribution < 1.29 is 4.74 Å². The van der Waals surface area contributed by atoms with Crippen molar-refractivity contribution in [1.29, 1.82) is 0 Å². The van der Waals surface area contributed by atoms with Crippen molar-refractivity contribution in [3.8, 4) is 0 Å². The highest BCUT2D eigenvalue weighted by molar-refractivity contribution is 5.29. The van der Waals surface area contributed by atoms with Crippen molar-refractivity contribution in [3.63, 3.8) is 0 Å². The summed E-state index contributed by atoms with van der Waals surface area (Å²) < 4.78 is 6.00. The van der Waals surface area contributed by atoms with Crippen LogP contribution in [-0.2, 0) is 11.2 Å². The highest BCUT2D eigenvalue weighted by Crippen LogP contribution is 2.34. The topological polar surface area (TPSA) is 47.3 Å². The number of nitrogens with one attached hydrogen (secondary N) is 1. The fourth-order valence-corrected chi connectivity index (χ4v) is 3.84. The summed E-state index contributed by atoms with van der Waals surface area (Å²) in [5.41, 5.74) is 6.90. The van der Waals surface area contributed by atoms with Crippen LogP contribution in [0.5, 0.6) is 0 Å². The molecule has 1 aromatic rings. The largest absolute Gasteiger partial charge is 0.377 e. The molecule has 0 aromatic heterocycles. The number of aryl methyl sites for hydroxylation is 2. The molecule has 21 heavy (non-hydrogen) atoms. The number of rotatable bonds is 5. The van der Waals surface area contributed by atoms with Crippen LogP contribution < -0.4 is 11.3 Å². The number of hydrogen-bond acceptors (Lipinski definition) is 3. The molecule has 3 heteroatoms. The molecule has 0 bridgehead atoms. The molecule has 1 saturated carbocycles. The average molecular weight is 290 g/mol. The summed E-state index contributed by atoms with van der Waals surface area (Å²) in [6.45, 7) is 4.30. The van der Waals surface area contributed by atoms with Gasteiger partial charge >= 0.3 is 0 Å². The third kappa shape index (κ3) is 4.06. The summed E-state index contributed by atoms with van der Waals surface area (Å²) in [6.07, 6.45) is 8.22. The normalized spacial score (nSPS) is 20.0. The molecular weight excluding hydrogens is 260 g/mol. The van der Waals surface area contributed by atoms with Crippen molar-refractivity contribution >= 4 is 0 Å². The molecule has 0 aliphatic heterocycles. The summed E-state index contributed by atoms with van der Waals surface area (Å²) in [5, 5.41) is 0. The summed E-state index contributed by atoms with van der Waals surface area (Å²) >= 11 is 0. The molecule has 1 fully saturated rings. The minimum Gasteiger partial charge on any atom is -0.377 e. The number of methoxy groups -OCH3 is 1. The van der Waals surface area contributed by atoms with Crippen molar-refractivity contribution in [3.05, 3.63) is 34.9 Å². The van der Waals surface area contributed by atoms with Gasteiger partial charge < -0.3 is 4.74 Å². The van der Waals surface area contributed by atoms with Crippen LogP contribution in [0.15, 0.2) is 18.2 Å². The van der Waals surface area contributed by atoms with Crippen molar-refractivity contribution in [1.82, 2.24) is 5.43 Å². The van der Waals surface area contributed by atoms with E-state index in [1.54, 1.807) is 0 Å². The molecule has 0 radical (unpaired) electrons. The molecule has 3 N–H and O–H groups in total. The molecule has 1 aliphatic carbocycles. The van der Waals surface area contributed by atoms with Gasteiger partial charge in [0.2, 0.25) is 0 Å². The Morgan fingerprint density at radius 1 is 1.10 bits per heavy atom. The lowest BCUT2D eigenvalue weighted by atomic mass is 9.82. The van der Waals surface area contributed by atoms with Crippen LogP contribution in [-0.4, -0.2) is 18.8 Å². The van der Waals surface area contributed by atoms with E-state index in [0.717, 1.165) is 19.3 Å². The molecule has 0 amide bonds. The minimum absolute atomic E-state index is 0.122. The molecule has 1 atom stereocenters. The van der Waals surface area contributed by atoms with Gasteiger partial charge in [0.15, 0.2) is 0 Å². The highest BCUT2D eigenvalue weighted by Gasteiger charge is 2.38. The Balaban J connectivity index is 2.20. The molecule has 1 aliphatic rings. The molecule has 0 saturated heterocycles. The maximum atomic E-state index is 6.00. The van der Waals surface area contributed by atoms with E-state index >= 15 is 0 Å². The first-order valence-electron chi connectivity index (χ1n) is 8.18. The molecular formula is C18H30N2O. The number of hydrazine groups is 1. The number of hydrogen-bond donors (Lipinski definition) is 2. The van der Waals surface area contributed by atoms with Gasteiger partial charge in [-0.25, -0.2) is 0 Å². The molecule has 1 aromatic carbocycles. The second-order valence-electron chi connectivity index (χ2n) is 6.60. The lowest BCUT2D eigenvalue weighted by Crippen LogP contribution is -2.55. The molecule has 3 nitrogen and oxygen atoms in total. The Labute approximate surface area is 129 Å². The number of benzene rings is 1. The highest BCUT2D eigenvalue weighted by atomic mass is 16.5. The molecule has 1 unspecified atom stereocenters. The van der Waals surface area contributed by atoms with E-state index in [2.05, 4.69) is 37.5 Å². The van der Waals surface area contributed by atoms with Gasteiger partial charge in [-0.3, -0.25) is 11.3 Å². The smallest absolute Gasteiger partial charge is 0.0847 e. The minimum atomic E-state index is -0.122. The summed E-state index contributed by atoms with van der Waals surface area (Å²) in [5.74, 6) is 5.91. The van der Waals surface area contributed by atoms with E-state index < -0.39 is 0 Å². The van der Waals surface area contributed by atoms with Gasteiger partial charge in [-0.05, 0) is 38.7 Å². The predicted molar refractivity (Wildman–Crippen MR) is 88.2 cm³/mol. The Morgan fingerprint density at radius 2 is 1.67 bits per heavy atom. The Morgan fingerprint density at radius 3 is 2.14 bits per heavy atom. The third-order valence-electron chi connectivity index (χ3n) is 4.91. The van der Waals surface area contributed by atoms with Gasteiger partial charge in [0.25, 0.3) is 0 Å². The van der Waals surface area contributed by atoms with Crippen LogP contribution in [0.25, 0.3) is 0 Å². The monoisotopic (exact) mass is 290 g/mol. The van der Waals surface area contributed by atoms with Crippen LogP contribution in [0.2, 0.25) is 0 Å². The summed E-state index contributed by atoms with van der Waals surface area (Å²) in [4.78, 5) is 0. The maximum Gasteiger partial charge on any atom is 0.0847 e. The zero-order chi connectivity index (χ0) is 15.3. The van der Waals surface area contributed by atoms with Gasteiger partial charge in [0, 0.05) is 7.11 Å². The molecule has 0 heterocycles. The van der Waals surface area contributed by atoms with Crippen molar-refractivity contribution in [2.45, 2.75) is 70.4 Å². The SMILES string of the molecule is COC1(C(Cc2cc(C)cc(C)c2)NN)CCCCCC1. The predicted octanol–water partition coefficient (Wildman–Crippen LogP) is 3.42. The van der Waals surface area contributed by atoms with E-state index in [-0.39, 0.29) is 11.6 Å². The van der Waals surface area contributed by atoms with E-state index in [9.17, 15) is 0 Å². The summed E-state index contributed by atoms with van der Waals surface area (Å²) in [7, 11) is 1.84. The standard InChI is InChI=1S/C18H30N2O/c1-14-10-15(2)12-16(11-14)13-17(20-19)18(21-3)8-6-4-5-7-9-18/h10-12,17,20H,4-9,13,19H2,1-3H3. The fourth-order valence-electron chi connectivity index (χ4n) is 3.84. The van der Waals surface area contributed by atoms with Gasteiger partial charge in [-0.15, -0.1) is 0 Å². The lowest BCUT2D eigenvalue weighted by molar-refractivity contribution is -0.0527. The van der Waals surface area contributed by atoms with Crippen LogP contribution in [0, 0.1) is 13.8 Å². The van der Waals surface area contributed by atoms with Gasteiger partial charge in [-0.1, -0.05) is 55.0 Å². The van der Waals surface area contributed by atoms with E-state index in [1.165, 1.54) is 42.4 Å². The second-order valence-corrected chi connectivity index (χ2v) is 6.60. The van der Waals surface area contributed by atoms with Crippen LogP contribution in [0.1, 0.15) is 55.2 Å². The zero-order valence-electron chi connectivity index (χ0n) is 13.7. The van der Waals surface area contributed by atoms with Crippen LogP contribution >= 0.6 is 0 Å². The summed E-state index contributed by atoms with van der Waals surface area (Å²) in [6, 6.07) is 6.91. The Hall–Kier alpha value is -0.900. The van der Waals surface area contributed by atoms with Crippen LogP contribution in [0.4, 0.5) is 0 Å². The van der Waals surface area contributed by atoms with Gasteiger partial charge in [0.1, 0.15) is 0 Å². The number of nitrogens with two attached hydrogens (primary N) is 1. The van der Waals surface area contributed by atoms with E-state index in [0.29, 0.717) is 0 Å². The molecule has 118 valence electrons. The first-order chi connectivity index (χ1) is 10.1. The first kappa shape index (κ1) is 16.5. The quantitative estimate of drug-likeness (QED) is 0.496. The van der Waals surface area contributed by atoms with Crippen LogP contribution in [0.3, 0.4) is 0 Å². The molecule has 0 spiro atoms. The fraction of sp³-hybridized carbons (Fsp3) is 0.667. The Bertz CT molecular complexity index is 430. The molecule has 2 rings (SSSR count). The average Bonchev–Trinajstić information content (AvgIpc) is 2.70. The third-order valence-corrected chi connectivity index (χ3v) is 4.91. The van der Waals surface area contributed by atoms with E-state index in [1.807, 2.05) is 7.11 Å². The zero-order valence-corrected chi connectivity index (χ0v) is 13.7. The van der Waals surface area contributed by atoms with E-state index in [4.69, 9.17) is 10.6 Å². The maximum absolute atomic E-state index is 6.00. The van der Waals surface area contributed by atoms with Gasteiger partial charge in [-0.2, -0.15) is 0 Å². The van der Waals surface area contributed by atoms with Crippen molar-refractivity contribution in [2.24, 2.45) is 5.84 Å². The van der Waals surface area contributed by atoms with Crippen molar-refractivity contribution in [2.75, 3.05) is 7.11 Å². The number of ether oxygens (including phenoxy) is 1. The van der Waals surface area contributed by atoms with Gasteiger partial charge in [0.05, 0.1) is 11.6 Å². The Kier molecular flexibility index (Phi) is 5.80.